The minimum absolute atomic E-state index is 0.0508. The predicted molar refractivity (Wildman–Crippen MR) is 90.2 cm³/mol. The number of carbonyl (C=O) groups is 1. The van der Waals surface area contributed by atoms with E-state index in [2.05, 4.69) is 26.1 Å². The molecule has 0 saturated heterocycles. The molecule has 0 heterocycles. The molecule has 0 atom stereocenters. The van der Waals surface area contributed by atoms with E-state index in [1.165, 1.54) is 18.2 Å². The van der Waals surface area contributed by atoms with Crippen LogP contribution in [0, 0.1) is 5.41 Å². The quantitative estimate of drug-likeness (QED) is 0.905. The first-order valence-electron chi connectivity index (χ1n) is 7.03. The highest BCUT2D eigenvalue weighted by molar-refractivity contribution is 7.90. The fourth-order valence-corrected chi connectivity index (χ4v) is 3.50. The maximum atomic E-state index is 12.5. The molecule has 4 nitrogen and oxygen atoms in total. The van der Waals surface area contributed by atoms with E-state index >= 15 is 0 Å². The normalized spacial score (nSPS) is 13.0. The molecule has 0 bridgehead atoms. The van der Waals surface area contributed by atoms with Crippen molar-refractivity contribution >= 4 is 27.3 Å². The first kappa shape index (κ1) is 19.0. The standard InChI is InChI=1S/C16H24ClNO3S/c1-15(2,3)10-16(4,5)18-14(19)12-9-11(22(6,20)21)7-8-13(12)17/h7-9H,10H2,1-6H3,(H,18,19). The van der Waals surface area contributed by atoms with Crippen LogP contribution in [0.25, 0.3) is 0 Å². The van der Waals surface area contributed by atoms with Crippen LogP contribution in [0.5, 0.6) is 0 Å². The van der Waals surface area contributed by atoms with Gasteiger partial charge in [-0.05, 0) is 43.9 Å². The van der Waals surface area contributed by atoms with Crippen molar-refractivity contribution in [2.45, 2.75) is 51.5 Å². The van der Waals surface area contributed by atoms with E-state index in [9.17, 15) is 13.2 Å². The Hall–Kier alpha value is -1.07. The van der Waals surface area contributed by atoms with E-state index in [4.69, 9.17) is 11.6 Å². The van der Waals surface area contributed by atoms with E-state index in [1.54, 1.807) is 0 Å². The summed E-state index contributed by atoms with van der Waals surface area (Å²) >= 11 is 6.05. The highest BCUT2D eigenvalue weighted by atomic mass is 35.5. The Morgan fingerprint density at radius 3 is 2.18 bits per heavy atom. The lowest BCUT2D eigenvalue weighted by atomic mass is 9.81. The van der Waals surface area contributed by atoms with Crippen molar-refractivity contribution in [2.24, 2.45) is 5.41 Å². The number of carbonyl (C=O) groups excluding carboxylic acids is 1. The Kier molecular flexibility index (Phi) is 5.35. The largest absolute Gasteiger partial charge is 0.347 e. The highest BCUT2D eigenvalue weighted by Gasteiger charge is 2.28. The third-order valence-electron chi connectivity index (χ3n) is 3.03. The zero-order chi connectivity index (χ0) is 17.3. The molecule has 0 spiro atoms. The number of nitrogens with one attached hydrogen (secondary N) is 1. The van der Waals surface area contributed by atoms with Crippen molar-refractivity contribution in [3.8, 4) is 0 Å². The van der Waals surface area contributed by atoms with Gasteiger partial charge in [0.25, 0.3) is 5.91 Å². The second-order valence-electron chi connectivity index (χ2n) is 7.49. The van der Waals surface area contributed by atoms with E-state index in [0.29, 0.717) is 0 Å². The van der Waals surface area contributed by atoms with Gasteiger partial charge in [0.15, 0.2) is 9.84 Å². The van der Waals surface area contributed by atoms with Crippen molar-refractivity contribution in [1.29, 1.82) is 0 Å². The zero-order valence-electron chi connectivity index (χ0n) is 14.0. The first-order chi connectivity index (χ1) is 9.71. The smallest absolute Gasteiger partial charge is 0.253 e. The fraction of sp³-hybridized carbons (Fsp3) is 0.562. The third kappa shape index (κ3) is 5.61. The molecule has 124 valence electrons. The molecule has 1 aromatic carbocycles. The van der Waals surface area contributed by atoms with E-state index in [-0.39, 0.29) is 26.8 Å². The lowest BCUT2D eigenvalue weighted by molar-refractivity contribution is 0.0891. The molecule has 0 fully saturated rings. The van der Waals surface area contributed by atoms with Crippen LogP contribution in [0.1, 0.15) is 51.4 Å². The molecular formula is C16H24ClNO3S. The molecule has 0 unspecified atom stereocenters. The highest BCUT2D eigenvalue weighted by Crippen LogP contribution is 2.28. The number of hydrogen-bond acceptors (Lipinski definition) is 3. The van der Waals surface area contributed by atoms with E-state index in [0.717, 1.165) is 12.7 Å². The van der Waals surface area contributed by atoms with Crippen LogP contribution >= 0.6 is 11.6 Å². The average Bonchev–Trinajstić information content (AvgIpc) is 2.23. The fourth-order valence-electron chi connectivity index (χ4n) is 2.65. The van der Waals surface area contributed by atoms with Gasteiger partial charge in [0.2, 0.25) is 0 Å². The Labute approximate surface area is 138 Å². The summed E-state index contributed by atoms with van der Waals surface area (Å²) in [5.41, 5.74) is -0.207. The second kappa shape index (κ2) is 6.20. The van der Waals surface area contributed by atoms with Gasteiger partial charge in [0.05, 0.1) is 15.5 Å². The SMILES string of the molecule is CC(C)(C)CC(C)(C)NC(=O)c1cc(S(C)(=O)=O)ccc1Cl. The molecule has 0 radical (unpaired) electrons. The molecule has 1 N–H and O–H groups in total. The number of halogens is 1. The van der Waals surface area contributed by atoms with Gasteiger partial charge in [-0.3, -0.25) is 4.79 Å². The molecule has 1 amide bonds. The Bertz CT molecular complexity index is 673. The van der Waals surface area contributed by atoms with Gasteiger partial charge in [-0.25, -0.2) is 8.42 Å². The summed E-state index contributed by atoms with van der Waals surface area (Å²) in [5.74, 6) is -0.371. The van der Waals surface area contributed by atoms with Crippen molar-refractivity contribution in [3.63, 3.8) is 0 Å². The molecule has 22 heavy (non-hydrogen) atoms. The summed E-state index contributed by atoms with van der Waals surface area (Å²) in [7, 11) is -3.39. The van der Waals surface area contributed by atoms with E-state index in [1.807, 2.05) is 13.8 Å². The van der Waals surface area contributed by atoms with E-state index < -0.39 is 15.4 Å². The molecule has 1 aromatic rings. The van der Waals surface area contributed by atoms with Crippen molar-refractivity contribution < 1.29 is 13.2 Å². The minimum Gasteiger partial charge on any atom is -0.347 e. The van der Waals surface area contributed by atoms with Gasteiger partial charge in [0, 0.05) is 11.8 Å². The third-order valence-corrected chi connectivity index (χ3v) is 4.47. The Morgan fingerprint density at radius 2 is 1.73 bits per heavy atom. The predicted octanol–water partition coefficient (Wildman–Crippen LogP) is 3.69. The van der Waals surface area contributed by atoms with Crippen LogP contribution in [-0.4, -0.2) is 26.1 Å². The lowest BCUT2D eigenvalue weighted by Crippen LogP contribution is -2.45. The monoisotopic (exact) mass is 345 g/mol. The van der Waals surface area contributed by atoms with Crippen molar-refractivity contribution in [3.05, 3.63) is 28.8 Å². The lowest BCUT2D eigenvalue weighted by Gasteiger charge is -2.33. The Morgan fingerprint density at radius 1 is 1.18 bits per heavy atom. The van der Waals surface area contributed by atoms with Crippen molar-refractivity contribution in [1.82, 2.24) is 5.32 Å². The molecular weight excluding hydrogens is 322 g/mol. The van der Waals surface area contributed by atoms with Crippen LogP contribution < -0.4 is 5.32 Å². The zero-order valence-corrected chi connectivity index (χ0v) is 15.5. The van der Waals surface area contributed by atoms with Crippen LogP contribution in [0.2, 0.25) is 5.02 Å². The van der Waals surface area contributed by atoms with Crippen LogP contribution in [0.3, 0.4) is 0 Å². The van der Waals surface area contributed by atoms with Gasteiger partial charge in [-0.15, -0.1) is 0 Å². The molecule has 0 aliphatic rings. The second-order valence-corrected chi connectivity index (χ2v) is 9.91. The molecule has 0 saturated carbocycles. The number of sulfone groups is 1. The maximum absolute atomic E-state index is 12.5. The van der Waals surface area contributed by atoms with Gasteiger partial charge < -0.3 is 5.32 Å². The number of rotatable bonds is 4. The maximum Gasteiger partial charge on any atom is 0.253 e. The summed E-state index contributed by atoms with van der Waals surface area (Å²) in [6.45, 7) is 10.2. The van der Waals surface area contributed by atoms with Crippen LogP contribution in [0.15, 0.2) is 23.1 Å². The summed E-state index contributed by atoms with van der Waals surface area (Å²) in [6.07, 6.45) is 1.87. The molecule has 6 heteroatoms. The number of benzene rings is 1. The molecule has 0 aliphatic carbocycles. The first-order valence-corrected chi connectivity index (χ1v) is 9.30. The minimum atomic E-state index is -3.39. The Balaban J connectivity index is 3.09. The topological polar surface area (TPSA) is 63.2 Å². The number of hydrogen-bond donors (Lipinski definition) is 1. The van der Waals surface area contributed by atoms with Crippen LogP contribution in [-0.2, 0) is 9.84 Å². The van der Waals surface area contributed by atoms with Crippen LogP contribution in [0.4, 0.5) is 0 Å². The molecule has 0 aliphatic heterocycles. The number of amides is 1. The summed E-state index contributed by atoms with van der Waals surface area (Å²) < 4.78 is 23.2. The van der Waals surface area contributed by atoms with Gasteiger partial charge in [-0.1, -0.05) is 32.4 Å². The van der Waals surface area contributed by atoms with Gasteiger partial charge >= 0.3 is 0 Å². The molecule has 1 rings (SSSR count). The van der Waals surface area contributed by atoms with Gasteiger partial charge in [-0.2, -0.15) is 0 Å². The summed E-state index contributed by atoms with van der Waals surface area (Å²) in [6, 6.07) is 4.15. The summed E-state index contributed by atoms with van der Waals surface area (Å²) in [4.78, 5) is 12.5. The average molecular weight is 346 g/mol. The summed E-state index contributed by atoms with van der Waals surface area (Å²) in [5, 5.41) is 3.16. The van der Waals surface area contributed by atoms with Crippen molar-refractivity contribution in [2.75, 3.05) is 6.26 Å². The molecule has 0 aromatic heterocycles. The van der Waals surface area contributed by atoms with Gasteiger partial charge in [0.1, 0.15) is 0 Å².